The molecule has 10 rings (SSSR count). The van der Waals surface area contributed by atoms with E-state index in [-0.39, 0.29) is 134 Å². The Bertz CT molecular complexity index is 4900. The van der Waals surface area contributed by atoms with Gasteiger partial charge in [-0.15, -0.1) is 0 Å². The smallest absolute Gasteiger partial charge is 0.323 e. The second-order valence-electron chi connectivity index (χ2n) is 35.6. The third-order valence-corrected chi connectivity index (χ3v) is 25.0. The van der Waals surface area contributed by atoms with Gasteiger partial charge in [-0.2, -0.15) is 0 Å². The van der Waals surface area contributed by atoms with Crippen LogP contribution in [-0.2, 0) is 103 Å². The Morgan fingerprint density at radius 1 is 0.543 bits per heavy atom. The number of carbonyl (C=O) groups excluding carboxylic acids is 15. The quantitative estimate of drug-likeness (QED) is 0.0403. The minimum absolute atomic E-state index is 0.0226. The lowest BCUT2D eigenvalue weighted by molar-refractivity contribution is -0.149. The molecule has 3 aromatic carbocycles. The molecule has 5 aliphatic rings. The number of aliphatic carboxylic acids is 1. The van der Waals surface area contributed by atoms with Crippen molar-refractivity contribution in [3.05, 3.63) is 102 Å². The zero-order valence-corrected chi connectivity index (χ0v) is 75.0. The van der Waals surface area contributed by atoms with Gasteiger partial charge in [0.05, 0.1) is 12.5 Å². The first-order valence-corrected chi connectivity index (χ1v) is 45.2. The first kappa shape index (κ1) is 99.1. The average Bonchev–Trinajstić information content (AvgIpc) is 1.51. The number of amides is 15. The molecule has 0 radical (unpaired) electrons. The lowest BCUT2D eigenvalue weighted by atomic mass is 9.97. The number of H-pyrrole nitrogens is 1. The fraction of sp³-hybridized carbons (Fsp3) is 0.582. The van der Waals surface area contributed by atoms with Crippen LogP contribution in [0, 0.1) is 11.8 Å². The van der Waals surface area contributed by atoms with E-state index in [1.54, 1.807) is 86.9 Å². The summed E-state index contributed by atoms with van der Waals surface area (Å²) in [6.45, 7) is 9.19. The molecule has 2 aromatic heterocycles. The number of phenolic OH excluding ortho intramolecular Hbond substituents is 1. The van der Waals surface area contributed by atoms with Gasteiger partial charge in [-0.25, -0.2) is 0 Å². The number of phenols is 1. The topological polar surface area (TPSA) is 548 Å². The number of nitrogens with two attached hydrogens (primary N) is 3. The summed E-state index contributed by atoms with van der Waals surface area (Å²) in [4.78, 5) is 247. The number of primary amides is 1. The van der Waals surface area contributed by atoms with Crippen molar-refractivity contribution in [1.29, 1.82) is 0 Å². The summed E-state index contributed by atoms with van der Waals surface area (Å²) >= 11 is 0. The third-order valence-electron chi connectivity index (χ3n) is 25.0. The number of hydrogen-bond donors (Lipinski definition) is 15. The van der Waals surface area contributed by atoms with Gasteiger partial charge in [0.2, 0.25) is 88.4 Å². The minimum atomic E-state index is -2.06. The molecule has 129 heavy (non-hydrogen) atoms. The molecular weight excluding hydrogens is 1660 g/mol. The van der Waals surface area contributed by atoms with Crippen LogP contribution < -0.4 is 59.7 Å². The van der Waals surface area contributed by atoms with Crippen LogP contribution >= 0.6 is 0 Å². The van der Waals surface area contributed by atoms with Crippen molar-refractivity contribution in [3.63, 3.8) is 0 Å². The number of fused-ring (bicyclic) bond motifs is 4. The number of carboxylic acid groups (broad SMARTS) is 1. The first-order chi connectivity index (χ1) is 61.5. The number of carboxylic acids is 1. The van der Waals surface area contributed by atoms with E-state index in [9.17, 15) is 53.7 Å². The summed E-state index contributed by atoms with van der Waals surface area (Å²) < 4.78 is 1.47. The van der Waals surface area contributed by atoms with Gasteiger partial charge in [-0.05, 0) is 136 Å². The van der Waals surface area contributed by atoms with Crippen molar-refractivity contribution in [2.24, 2.45) is 29.0 Å². The molecule has 0 unspecified atom stereocenters. The van der Waals surface area contributed by atoms with Crippen LogP contribution in [-0.4, -0.2) is 286 Å². The number of nitrogens with one attached hydrogen (secondary N) is 9. The SMILES string of the molecule is CCCC[C@H]1C(=O)N(C)[C@@H](CCCC)C(=O)N[C@@H](CC(C)C)C(=O)NCCCCC(=O)N[C@@H](Cc2ccc(O)cc2)C(=O)N2CCCC[C@H]2C(=O)N[C@@H](CC(N)=O)C(=O)N2CCC[C@H]2C(=O)N[C@@H](CN)C(=O)N[C@@H](CC(C)C)C(=O)N2C[C@H](O)C[C@@]23C(=O)N3[C@@H](Cc2c[nH]c3ccccc23)C(=O)N[C@@H](CCN)C(=O)N[C@@H](Cc2cn(CC(=O)O)c3ccccc23)C(=O)N1C. The van der Waals surface area contributed by atoms with Gasteiger partial charge >= 0.3 is 5.97 Å². The van der Waals surface area contributed by atoms with Crippen molar-refractivity contribution in [2.45, 2.75) is 274 Å². The van der Waals surface area contributed by atoms with Crippen molar-refractivity contribution in [3.8, 4) is 5.75 Å². The van der Waals surface area contributed by atoms with Crippen LogP contribution in [0.4, 0.5) is 0 Å². The highest BCUT2D eigenvalue weighted by atomic mass is 16.4. The van der Waals surface area contributed by atoms with E-state index in [1.165, 1.54) is 45.5 Å². The molecule has 5 aromatic rings. The minimum Gasteiger partial charge on any atom is -0.508 e. The highest BCUT2D eigenvalue weighted by Crippen LogP contribution is 2.49. The molecule has 0 bridgehead atoms. The predicted octanol–water partition coefficient (Wildman–Crippen LogP) is 0.816. The highest BCUT2D eigenvalue weighted by molar-refractivity contribution is 6.10. The summed E-state index contributed by atoms with van der Waals surface area (Å²) in [6, 6.07) is 2.71. The van der Waals surface area contributed by atoms with E-state index < -0.39 is 211 Å². The number of aromatic nitrogens is 2. The fourth-order valence-electron chi connectivity index (χ4n) is 18.3. The number of rotatable bonds is 23. The summed E-state index contributed by atoms with van der Waals surface area (Å²) in [7, 11) is 2.83. The van der Waals surface area contributed by atoms with E-state index in [1.807, 2.05) is 27.7 Å². The molecule has 1 spiro atoms. The molecule has 0 aliphatic carbocycles. The van der Waals surface area contributed by atoms with Gasteiger partial charge in [0.1, 0.15) is 84.8 Å². The highest BCUT2D eigenvalue weighted by Gasteiger charge is 2.74. The molecular formula is C91H129N19O19. The fourth-order valence-corrected chi connectivity index (χ4v) is 18.3. The number of piperidine rings is 1. The second kappa shape index (κ2) is 45.3. The maximum absolute atomic E-state index is 16.0. The van der Waals surface area contributed by atoms with Gasteiger partial charge in [0.15, 0.2) is 0 Å². The normalized spacial score (nSPS) is 26.3. The molecule has 5 saturated heterocycles. The van der Waals surface area contributed by atoms with Gasteiger partial charge in [0, 0.05) is 113 Å². The van der Waals surface area contributed by atoms with E-state index in [4.69, 9.17) is 17.2 Å². The van der Waals surface area contributed by atoms with Crippen LogP contribution in [0.25, 0.3) is 21.8 Å². The zero-order chi connectivity index (χ0) is 93.8. The Labute approximate surface area is 750 Å². The van der Waals surface area contributed by atoms with Crippen LogP contribution in [0.15, 0.2) is 85.2 Å². The Balaban J connectivity index is 1.01. The molecule has 14 atom stereocenters. The average molecular weight is 1790 g/mol. The van der Waals surface area contributed by atoms with Crippen molar-refractivity contribution in [2.75, 3.05) is 53.4 Å². The van der Waals surface area contributed by atoms with Crippen molar-refractivity contribution in [1.82, 2.24) is 81.5 Å². The Morgan fingerprint density at radius 3 is 1.76 bits per heavy atom. The summed E-state index contributed by atoms with van der Waals surface area (Å²) in [5.41, 5.74) is 18.8. The van der Waals surface area contributed by atoms with Crippen molar-refractivity contribution >= 4 is 116 Å². The summed E-state index contributed by atoms with van der Waals surface area (Å²) in [5.74, 6) is -13.9. The number of nitrogens with zero attached hydrogens (tertiary/aromatic N) is 7. The maximum Gasteiger partial charge on any atom is 0.323 e. The van der Waals surface area contributed by atoms with E-state index >= 15 is 38.4 Å². The monoisotopic (exact) mass is 1790 g/mol. The molecule has 15 amide bonds. The number of aliphatic hydroxyl groups excluding tert-OH is 1. The number of carbonyl (C=O) groups is 16. The molecule has 5 aliphatic heterocycles. The zero-order valence-electron chi connectivity index (χ0n) is 75.0. The largest absolute Gasteiger partial charge is 0.508 e. The molecule has 18 N–H and O–H groups in total. The van der Waals surface area contributed by atoms with Gasteiger partial charge in [-0.3, -0.25) is 81.6 Å². The number of hydrogen-bond acceptors (Lipinski definition) is 20. The number of aromatic amines is 1. The van der Waals surface area contributed by atoms with Crippen LogP contribution in [0.5, 0.6) is 5.75 Å². The van der Waals surface area contributed by atoms with Crippen LogP contribution in [0.1, 0.15) is 180 Å². The molecule has 0 saturated carbocycles. The molecule has 38 heteroatoms. The third kappa shape index (κ3) is 24.5. The lowest BCUT2D eigenvalue weighted by Gasteiger charge is -2.38. The molecule has 7 heterocycles. The van der Waals surface area contributed by atoms with Gasteiger partial charge in [0.25, 0.3) is 5.91 Å². The van der Waals surface area contributed by atoms with E-state index in [0.29, 0.717) is 77.0 Å². The standard InChI is InChI=1S/C91H129N19O19/c1-9-11-25-70-81(120)99-63(40-52(3)4)78(117)95-37-19-17-30-76(114)97-65(42-54-31-33-57(111)34-32-54)86(125)107-38-20-18-28-71(107)82(121)102-67(45-75(94)113)87(126)108-39-21-29-72(108)83(122)103-68(47-93)80(119)100-64(41-53(5)6)88(127)109-50-58(112)46-91(109)90(129)110(91)74(44-55-48-96-61-24-15-13-22-59(55)61)84(123)98-62(35-36-92)79(118)101-66(85(124)105(8)73(26-12-10-2)89(128)104(70)7)43-56-49-106(51-77(115)116)69-27-16-14-23-60(56)69/h13-16,22-24,27,31-34,48-49,52-53,58,62-68,70-74,96,111-112H,9-12,17-21,25-26,28-30,35-47,50-51,92-93H2,1-8H3,(H2,94,113)(H,95,117)(H,97,114)(H,98,123)(H,99,120)(H,100,119)(H,101,118)(H,102,121)(H,103,122)(H,115,116)/t58-,62+,63+,64+,65+,66+,67+,68+,70+,71+,72+,73+,74+,91-,110?/m1/s1. The number of para-hydroxylation sites is 2. The van der Waals surface area contributed by atoms with Crippen molar-refractivity contribution < 1.29 is 92.0 Å². The summed E-state index contributed by atoms with van der Waals surface area (Å²) in [6.07, 6.45) is 3.24. The molecule has 702 valence electrons. The van der Waals surface area contributed by atoms with Crippen LogP contribution in [0.3, 0.4) is 0 Å². The number of aliphatic hydroxyl groups is 1. The Morgan fingerprint density at radius 2 is 1.11 bits per heavy atom. The Hall–Kier alpha value is -12.1. The van der Waals surface area contributed by atoms with E-state index in [2.05, 4.69) is 47.5 Å². The molecule has 38 nitrogen and oxygen atoms in total. The summed E-state index contributed by atoms with van der Waals surface area (Å²) in [5, 5.41) is 55.6. The maximum atomic E-state index is 16.0. The van der Waals surface area contributed by atoms with Gasteiger partial charge < -0.3 is 109 Å². The lowest BCUT2D eigenvalue weighted by Crippen LogP contribution is -2.62. The second-order valence-corrected chi connectivity index (χ2v) is 35.6. The number of likely N-dealkylation sites (N-methyl/N-ethyl adjacent to an activating group) is 2. The number of aromatic hydroxyl groups is 1. The Kier molecular flexibility index (Phi) is 34.8. The molecule has 5 fully saturated rings. The number of unbranched alkanes of at least 4 members (excludes halogenated alkanes) is 2. The number of benzene rings is 3. The van der Waals surface area contributed by atoms with Crippen LogP contribution in [0.2, 0.25) is 0 Å². The first-order valence-electron chi connectivity index (χ1n) is 45.2. The van der Waals surface area contributed by atoms with E-state index in [0.717, 1.165) is 14.7 Å². The van der Waals surface area contributed by atoms with Gasteiger partial charge in [-0.1, -0.05) is 116 Å². The predicted molar refractivity (Wildman–Crippen MR) is 475 cm³/mol.